The van der Waals surface area contributed by atoms with Gasteiger partial charge >= 0.3 is 0 Å². The first-order chi connectivity index (χ1) is 11.3. The summed E-state index contributed by atoms with van der Waals surface area (Å²) < 4.78 is 10.8. The average Bonchev–Trinajstić information content (AvgIpc) is 2.53. The Balaban J connectivity index is 2.00. The maximum Gasteiger partial charge on any atom is 0.262 e. The van der Waals surface area contributed by atoms with Crippen molar-refractivity contribution in [1.82, 2.24) is 0 Å². The van der Waals surface area contributed by atoms with Crippen LogP contribution in [-0.4, -0.2) is 19.6 Å². The summed E-state index contributed by atoms with van der Waals surface area (Å²) in [6.45, 7) is 6.29. The summed E-state index contributed by atoms with van der Waals surface area (Å²) in [4.78, 5) is 12.1. The van der Waals surface area contributed by atoms with Crippen molar-refractivity contribution < 1.29 is 14.3 Å². The number of anilines is 1. The first-order valence-electron chi connectivity index (χ1n) is 7.66. The number of halogens is 1. The van der Waals surface area contributed by atoms with Gasteiger partial charge in [0.15, 0.2) is 6.61 Å². The summed E-state index contributed by atoms with van der Waals surface area (Å²) in [6, 6.07) is 12.8. The summed E-state index contributed by atoms with van der Waals surface area (Å²) in [6.07, 6.45) is 0. The van der Waals surface area contributed by atoms with Gasteiger partial charge in [0.2, 0.25) is 0 Å². The predicted octanol–water partition coefficient (Wildman–Crippen LogP) is 4.66. The Morgan fingerprint density at radius 2 is 1.92 bits per heavy atom. The molecule has 4 nitrogen and oxygen atoms in total. The molecule has 2 aromatic rings. The maximum atomic E-state index is 12.1. The molecule has 1 N–H and O–H groups in total. The molecule has 0 aromatic heterocycles. The van der Waals surface area contributed by atoms with Gasteiger partial charge in [0, 0.05) is 5.02 Å². The number of hydrogen-bond donors (Lipinski definition) is 1. The van der Waals surface area contributed by atoms with Gasteiger partial charge in [-0.15, -0.1) is 0 Å². The molecule has 0 spiro atoms. The number of hydrogen-bond acceptors (Lipinski definition) is 3. The average molecular weight is 348 g/mol. The summed E-state index contributed by atoms with van der Waals surface area (Å²) in [5.74, 6) is 0.926. The number of amides is 1. The van der Waals surface area contributed by atoms with E-state index in [4.69, 9.17) is 21.1 Å². The molecule has 0 saturated heterocycles. The van der Waals surface area contributed by atoms with E-state index in [1.807, 2.05) is 24.3 Å². The van der Waals surface area contributed by atoms with Gasteiger partial charge in [0.05, 0.1) is 12.8 Å². The third-order valence-corrected chi connectivity index (χ3v) is 3.74. The molecule has 5 heteroatoms. The van der Waals surface area contributed by atoms with Crippen molar-refractivity contribution in [2.75, 3.05) is 19.0 Å². The van der Waals surface area contributed by atoms with Gasteiger partial charge in [-0.1, -0.05) is 44.5 Å². The van der Waals surface area contributed by atoms with Gasteiger partial charge in [-0.05, 0) is 41.3 Å². The molecule has 0 aliphatic rings. The van der Waals surface area contributed by atoms with E-state index in [-0.39, 0.29) is 17.9 Å². The molecule has 24 heavy (non-hydrogen) atoms. The minimum absolute atomic E-state index is 0.0236. The molecule has 0 atom stereocenters. The van der Waals surface area contributed by atoms with Gasteiger partial charge in [-0.3, -0.25) is 4.79 Å². The quantitative estimate of drug-likeness (QED) is 0.855. The van der Waals surface area contributed by atoms with Gasteiger partial charge in [0.25, 0.3) is 5.91 Å². The molecule has 0 aliphatic carbocycles. The zero-order chi connectivity index (χ0) is 17.7. The number of ether oxygens (including phenoxy) is 2. The lowest BCUT2D eigenvalue weighted by atomic mass is 9.87. The monoisotopic (exact) mass is 347 g/mol. The first-order valence-corrected chi connectivity index (χ1v) is 8.04. The van der Waals surface area contributed by atoms with Gasteiger partial charge in [-0.25, -0.2) is 0 Å². The molecular weight excluding hydrogens is 326 g/mol. The molecule has 0 unspecified atom stereocenters. The second kappa shape index (κ2) is 7.58. The fraction of sp³-hybridized carbons (Fsp3) is 0.316. The Labute approximate surface area is 147 Å². The normalized spacial score (nSPS) is 11.0. The van der Waals surface area contributed by atoms with Crippen LogP contribution in [-0.2, 0) is 10.2 Å². The Bertz CT molecular complexity index is 723. The molecule has 0 bridgehead atoms. The Kier molecular flexibility index (Phi) is 5.73. The molecular formula is C19H22ClNO3. The number of nitrogens with one attached hydrogen (secondary N) is 1. The Hall–Kier alpha value is -2.20. The molecule has 0 heterocycles. The Morgan fingerprint density at radius 3 is 2.58 bits per heavy atom. The van der Waals surface area contributed by atoms with Crippen molar-refractivity contribution >= 4 is 23.2 Å². The van der Waals surface area contributed by atoms with E-state index in [2.05, 4.69) is 26.1 Å². The highest BCUT2D eigenvalue weighted by Gasteiger charge is 2.14. The third-order valence-electron chi connectivity index (χ3n) is 3.51. The molecule has 0 saturated carbocycles. The van der Waals surface area contributed by atoms with Crippen LogP contribution in [0.25, 0.3) is 0 Å². The third kappa shape index (κ3) is 4.90. The molecule has 2 rings (SSSR count). The second-order valence-electron chi connectivity index (χ2n) is 6.46. The number of benzene rings is 2. The minimum Gasteiger partial charge on any atom is -0.495 e. The van der Waals surface area contributed by atoms with E-state index in [0.29, 0.717) is 22.2 Å². The standard InChI is InChI=1S/C19H22ClNO3/c1-19(2,3)13-6-5-7-15(10-13)24-12-18(22)21-16-11-14(20)8-9-17(16)23-4/h5-11H,12H2,1-4H3,(H,21,22). The smallest absolute Gasteiger partial charge is 0.262 e. The molecule has 2 aromatic carbocycles. The number of carbonyl (C=O) groups is 1. The fourth-order valence-corrected chi connectivity index (χ4v) is 2.34. The van der Waals surface area contributed by atoms with Gasteiger partial charge < -0.3 is 14.8 Å². The van der Waals surface area contributed by atoms with Crippen LogP contribution in [0.3, 0.4) is 0 Å². The highest BCUT2D eigenvalue weighted by Crippen LogP contribution is 2.28. The largest absolute Gasteiger partial charge is 0.495 e. The van der Waals surface area contributed by atoms with E-state index in [0.717, 1.165) is 5.56 Å². The van der Waals surface area contributed by atoms with Crippen LogP contribution >= 0.6 is 11.6 Å². The van der Waals surface area contributed by atoms with Crippen LogP contribution in [0.15, 0.2) is 42.5 Å². The predicted molar refractivity (Wildman–Crippen MR) is 97.3 cm³/mol. The minimum atomic E-state index is -0.281. The van der Waals surface area contributed by atoms with Crippen molar-refractivity contribution in [3.63, 3.8) is 0 Å². The van der Waals surface area contributed by atoms with Crippen molar-refractivity contribution in [1.29, 1.82) is 0 Å². The van der Waals surface area contributed by atoms with Crippen LogP contribution in [0.2, 0.25) is 5.02 Å². The molecule has 1 amide bonds. The van der Waals surface area contributed by atoms with E-state index in [1.54, 1.807) is 18.2 Å². The van der Waals surface area contributed by atoms with E-state index in [1.165, 1.54) is 7.11 Å². The van der Waals surface area contributed by atoms with E-state index >= 15 is 0 Å². The van der Waals surface area contributed by atoms with Crippen LogP contribution in [0.1, 0.15) is 26.3 Å². The highest BCUT2D eigenvalue weighted by molar-refractivity contribution is 6.31. The zero-order valence-corrected chi connectivity index (χ0v) is 15.1. The fourth-order valence-electron chi connectivity index (χ4n) is 2.17. The lowest BCUT2D eigenvalue weighted by Crippen LogP contribution is -2.20. The molecule has 0 radical (unpaired) electrons. The van der Waals surface area contributed by atoms with Crippen molar-refractivity contribution in [2.45, 2.75) is 26.2 Å². The first kappa shape index (κ1) is 18.1. The van der Waals surface area contributed by atoms with E-state index in [9.17, 15) is 4.79 Å². The lowest BCUT2D eigenvalue weighted by Gasteiger charge is -2.19. The number of carbonyl (C=O) groups excluding carboxylic acids is 1. The van der Waals surface area contributed by atoms with Crippen molar-refractivity contribution in [3.8, 4) is 11.5 Å². The summed E-state index contributed by atoms with van der Waals surface area (Å²) in [7, 11) is 1.54. The Morgan fingerprint density at radius 1 is 1.17 bits per heavy atom. The number of rotatable bonds is 5. The van der Waals surface area contributed by atoms with Crippen LogP contribution in [0.4, 0.5) is 5.69 Å². The summed E-state index contributed by atoms with van der Waals surface area (Å²) in [5, 5.41) is 3.26. The molecule has 128 valence electrons. The maximum absolute atomic E-state index is 12.1. The zero-order valence-electron chi connectivity index (χ0n) is 14.4. The highest BCUT2D eigenvalue weighted by atomic mass is 35.5. The van der Waals surface area contributed by atoms with Crippen molar-refractivity contribution in [2.24, 2.45) is 0 Å². The molecule has 0 aliphatic heterocycles. The van der Waals surface area contributed by atoms with Crippen LogP contribution in [0, 0.1) is 0 Å². The molecule has 0 fully saturated rings. The number of methoxy groups -OCH3 is 1. The topological polar surface area (TPSA) is 47.6 Å². The van der Waals surface area contributed by atoms with Crippen LogP contribution < -0.4 is 14.8 Å². The van der Waals surface area contributed by atoms with Gasteiger partial charge in [-0.2, -0.15) is 0 Å². The summed E-state index contributed by atoms with van der Waals surface area (Å²) >= 11 is 5.95. The van der Waals surface area contributed by atoms with Crippen molar-refractivity contribution in [3.05, 3.63) is 53.1 Å². The van der Waals surface area contributed by atoms with Gasteiger partial charge in [0.1, 0.15) is 11.5 Å². The van der Waals surface area contributed by atoms with Crippen LogP contribution in [0.5, 0.6) is 11.5 Å². The summed E-state index contributed by atoms with van der Waals surface area (Å²) in [5.41, 5.74) is 1.69. The van der Waals surface area contributed by atoms with E-state index < -0.39 is 0 Å². The SMILES string of the molecule is COc1ccc(Cl)cc1NC(=O)COc1cccc(C(C)(C)C)c1. The lowest BCUT2D eigenvalue weighted by molar-refractivity contribution is -0.118. The second-order valence-corrected chi connectivity index (χ2v) is 6.90.